The summed E-state index contributed by atoms with van der Waals surface area (Å²) in [5.74, 6) is 3.51. The first-order valence-corrected chi connectivity index (χ1v) is 12.2. The van der Waals surface area contributed by atoms with Gasteiger partial charge >= 0.3 is 0 Å². The van der Waals surface area contributed by atoms with Crippen molar-refractivity contribution in [3.63, 3.8) is 0 Å². The van der Waals surface area contributed by atoms with Crippen molar-refractivity contribution in [2.45, 2.75) is 32.2 Å². The minimum absolute atomic E-state index is 0.377. The quantitative estimate of drug-likeness (QED) is 0.153. The maximum atomic E-state index is 6.77. The van der Waals surface area contributed by atoms with E-state index in [1.165, 1.54) is 13.5 Å². The number of aromatic nitrogens is 2. The summed E-state index contributed by atoms with van der Waals surface area (Å²) in [5.41, 5.74) is 7.62. The summed E-state index contributed by atoms with van der Waals surface area (Å²) in [7, 11) is 3.22. The van der Waals surface area contributed by atoms with E-state index in [0.29, 0.717) is 46.2 Å². The van der Waals surface area contributed by atoms with Gasteiger partial charge in [-0.2, -0.15) is 0 Å². The highest BCUT2D eigenvalue weighted by Gasteiger charge is 2.32. The van der Waals surface area contributed by atoms with E-state index >= 15 is 0 Å². The SMILES string of the molecule is COOSN(C)c1nc(NCC2CC2C)cc(-c2ncc([C@](C)(N)Cc3ccccc3)o2)c1Cl. The van der Waals surface area contributed by atoms with Gasteiger partial charge in [0, 0.05) is 13.6 Å². The van der Waals surface area contributed by atoms with E-state index in [9.17, 15) is 0 Å². The van der Waals surface area contributed by atoms with Crippen LogP contribution in [0.3, 0.4) is 0 Å². The molecule has 3 aromatic rings. The fourth-order valence-corrected chi connectivity index (χ4v) is 4.48. The summed E-state index contributed by atoms with van der Waals surface area (Å²) in [6.45, 7) is 5.02. The summed E-state index contributed by atoms with van der Waals surface area (Å²) >= 11 is 7.74. The van der Waals surface area contributed by atoms with Gasteiger partial charge in [-0.15, -0.1) is 4.33 Å². The first kappa shape index (κ1) is 24.8. The maximum Gasteiger partial charge on any atom is 0.228 e. The van der Waals surface area contributed by atoms with Gasteiger partial charge in [0.2, 0.25) is 5.89 Å². The molecule has 10 heteroatoms. The average Bonchev–Trinajstić information content (AvgIpc) is 3.30. The number of halogens is 1. The van der Waals surface area contributed by atoms with Crippen LogP contribution in [0.25, 0.3) is 11.5 Å². The molecule has 1 aromatic carbocycles. The van der Waals surface area contributed by atoms with Crippen LogP contribution in [0.1, 0.15) is 31.6 Å². The lowest BCUT2D eigenvalue weighted by molar-refractivity contribution is -0.160. The first-order valence-electron chi connectivity index (χ1n) is 11.1. The van der Waals surface area contributed by atoms with Crippen LogP contribution in [0.5, 0.6) is 0 Å². The Labute approximate surface area is 209 Å². The van der Waals surface area contributed by atoms with E-state index in [0.717, 1.165) is 30.3 Å². The molecule has 182 valence electrons. The Balaban J connectivity index is 1.63. The Bertz CT molecular complexity index is 1110. The van der Waals surface area contributed by atoms with Crippen molar-refractivity contribution in [3.8, 4) is 11.5 Å². The molecular weight excluding hydrogens is 474 g/mol. The molecule has 2 unspecified atom stereocenters. The third kappa shape index (κ3) is 5.84. The Morgan fingerprint density at radius 3 is 2.76 bits per heavy atom. The molecule has 2 heterocycles. The molecule has 0 radical (unpaired) electrons. The number of oxazole rings is 1. The second kappa shape index (κ2) is 10.5. The molecule has 3 atom stereocenters. The number of hydrogen-bond acceptors (Lipinski definition) is 9. The fourth-order valence-electron chi connectivity index (χ4n) is 3.77. The van der Waals surface area contributed by atoms with Crippen molar-refractivity contribution < 1.29 is 13.6 Å². The number of nitrogens with zero attached hydrogens (tertiary/aromatic N) is 3. The molecule has 1 aliphatic carbocycles. The van der Waals surface area contributed by atoms with Gasteiger partial charge in [0.25, 0.3) is 0 Å². The number of pyridine rings is 1. The summed E-state index contributed by atoms with van der Waals surface area (Å²) < 4.78 is 12.8. The lowest BCUT2D eigenvalue weighted by Gasteiger charge is -2.21. The molecular formula is C24H30ClN5O3S. The summed E-state index contributed by atoms with van der Waals surface area (Å²) in [6, 6.07) is 11.9. The van der Waals surface area contributed by atoms with Crippen LogP contribution in [0.2, 0.25) is 5.02 Å². The molecule has 2 aromatic heterocycles. The van der Waals surface area contributed by atoms with Crippen molar-refractivity contribution in [2.75, 3.05) is 30.3 Å². The Morgan fingerprint density at radius 2 is 2.09 bits per heavy atom. The number of nitrogens with two attached hydrogens (primary N) is 1. The van der Waals surface area contributed by atoms with E-state index in [4.69, 9.17) is 31.0 Å². The molecule has 0 bridgehead atoms. The van der Waals surface area contributed by atoms with Gasteiger partial charge < -0.3 is 15.5 Å². The van der Waals surface area contributed by atoms with E-state index in [2.05, 4.69) is 22.2 Å². The minimum atomic E-state index is -0.739. The minimum Gasteiger partial charge on any atom is -0.439 e. The molecule has 0 spiro atoms. The zero-order valence-electron chi connectivity index (χ0n) is 19.7. The highest BCUT2D eigenvalue weighted by molar-refractivity contribution is 7.95. The smallest absolute Gasteiger partial charge is 0.228 e. The number of benzene rings is 1. The van der Waals surface area contributed by atoms with Crippen LogP contribution in [0.4, 0.5) is 11.6 Å². The largest absolute Gasteiger partial charge is 0.439 e. The topological polar surface area (TPSA) is 98.7 Å². The summed E-state index contributed by atoms with van der Waals surface area (Å²) in [4.78, 5) is 13.9. The highest BCUT2D eigenvalue weighted by Crippen LogP contribution is 2.40. The van der Waals surface area contributed by atoms with Crippen molar-refractivity contribution in [1.29, 1.82) is 0 Å². The van der Waals surface area contributed by atoms with Gasteiger partial charge in [-0.1, -0.05) is 48.9 Å². The van der Waals surface area contributed by atoms with E-state index in [1.54, 1.807) is 17.5 Å². The third-order valence-electron chi connectivity index (χ3n) is 5.98. The van der Waals surface area contributed by atoms with Gasteiger partial charge in [-0.3, -0.25) is 4.31 Å². The second-order valence-corrected chi connectivity index (χ2v) is 10.2. The zero-order chi connectivity index (χ0) is 24.3. The monoisotopic (exact) mass is 503 g/mol. The normalized spacial score (nSPS) is 19.0. The molecule has 3 N–H and O–H groups in total. The van der Waals surface area contributed by atoms with Crippen molar-refractivity contribution in [1.82, 2.24) is 9.97 Å². The molecule has 34 heavy (non-hydrogen) atoms. The standard InChI is InChI=1S/C24H30ClN5O3S/c1-15-10-17(15)13-27-20-11-18(21(25)22(29-20)30(3)34-33-31-4)23-28-14-19(32-23)24(2,26)12-16-8-6-5-7-9-16/h5-9,11,14-15,17H,10,12-13,26H2,1-4H3,(H,27,29)/t15?,17?,24-/m1/s1. The number of anilines is 2. The Kier molecular flexibility index (Phi) is 7.69. The third-order valence-corrected chi connectivity index (χ3v) is 6.95. The van der Waals surface area contributed by atoms with Crippen LogP contribution in [0, 0.1) is 11.8 Å². The van der Waals surface area contributed by atoms with Gasteiger partial charge in [0.15, 0.2) is 18.0 Å². The van der Waals surface area contributed by atoms with Crippen LogP contribution in [-0.2, 0) is 21.2 Å². The van der Waals surface area contributed by atoms with Crippen LogP contribution < -0.4 is 15.4 Å². The first-order chi connectivity index (χ1) is 16.3. The lowest BCUT2D eigenvalue weighted by atomic mass is 9.92. The van der Waals surface area contributed by atoms with Crippen molar-refractivity contribution in [2.24, 2.45) is 17.6 Å². The Hall–Kier alpha value is -2.30. The molecule has 1 saturated carbocycles. The maximum absolute atomic E-state index is 6.77. The predicted molar refractivity (Wildman–Crippen MR) is 136 cm³/mol. The highest BCUT2D eigenvalue weighted by atomic mass is 35.5. The average molecular weight is 504 g/mol. The van der Waals surface area contributed by atoms with Gasteiger partial charge in [0.05, 0.1) is 29.4 Å². The second-order valence-electron chi connectivity index (χ2n) is 8.96. The van der Waals surface area contributed by atoms with Crippen molar-refractivity contribution in [3.05, 3.63) is 58.9 Å². The zero-order valence-corrected chi connectivity index (χ0v) is 21.3. The lowest BCUT2D eigenvalue weighted by Crippen LogP contribution is -2.35. The predicted octanol–water partition coefficient (Wildman–Crippen LogP) is 5.45. The van der Waals surface area contributed by atoms with E-state index < -0.39 is 5.54 Å². The van der Waals surface area contributed by atoms with E-state index in [1.807, 2.05) is 43.3 Å². The van der Waals surface area contributed by atoms with Crippen molar-refractivity contribution >= 4 is 35.5 Å². The van der Waals surface area contributed by atoms with Crippen LogP contribution in [0.15, 0.2) is 47.0 Å². The van der Waals surface area contributed by atoms with Gasteiger partial charge in [-0.05, 0) is 43.2 Å². The summed E-state index contributed by atoms with van der Waals surface area (Å²) in [6.07, 6.45) is 3.50. The van der Waals surface area contributed by atoms with Gasteiger partial charge in [-0.25, -0.2) is 14.9 Å². The molecule has 0 saturated heterocycles. The molecule has 1 aliphatic rings. The molecule has 4 rings (SSSR count). The van der Waals surface area contributed by atoms with Crippen LogP contribution in [-0.4, -0.2) is 30.7 Å². The van der Waals surface area contributed by atoms with Gasteiger partial charge in [0.1, 0.15) is 11.6 Å². The molecule has 1 fully saturated rings. The number of rotatable bonds is 11. The van der Waals surface area contributed by atoms with Crippen LogP contribution >= 0.6 is 23.8 Å². The number of nitrogens with one attached hydrogen (secondary N) is 1. The fraction of sp³-hybridized carbons (Fsp3) is 0.417. The Morgan fingerprint density at radius 1 is 1.35 bits per heavy atom. The van der Waals surface area contributed by atoms with E-state index in [-0.39, 0.29) is 0 Å². The molecule has 8 nitrogen and oxygen atoms in total. The summed E-state index contributed by atoms with van der Waals surface area (Å²) in [5, 5.41) is 3.81. The number of hydrogen-bond donors (Lipinski definition) is 2. The molecule has 0 amide bonds. The molecule has 0 aliphatic heterocycles.